The van der Waals surface area contributed by atoms with Crippen molar-refractivity contribution in [2.75, 3.05) is 11.9 Å². The number of nitriles is 1. The zero-order chi connectivity index (χ0) is 9.68. The molecule has 66 valence electrons. The summed E-state index contributed by atoms with van der Waals surface area (Å²) in [6.45, 7) is 0.130. The van der Waals surface area contributed by atoms with E-state index in [0.29, 0.717) is 5.82 Å². The highest BCUT2D eigenvalue weighted by Gasteiger charge is 2.03. The Morgan fingerprint density at radius 1 is 1.69 bits per heavy atom. The normalized spacial score (nSPS) is 8.85. The van der Waals surface area contributed by atoms with Crippen LogP contribution >= 0.6 is 0 Å². The van der Waals surface area contributed by atoms with Gasteiger partial charge in [0.25, 0.3) is 5.69 Å². The molecule has 0 aromatic carbocycles. The molecule has 0 aliphatic carbocycles. The first kappa shape index (κ1) is 8.93. The van der Waals surface area contributed by atoms with Crippen molar-refractivity contribution in [3.63, 3.8) is 0 Å². The molecule has 0 saturated carbocycles. The molecule has 1 aromatic rings. The maximum atomic E-state index is 10.2. The van der Waals surface area contributed by atoms with Gasteiger partial charge in [-0.3, -0.25) is 10.1 Å². The number of nitrogens with one attached hydrogen (secondary N) is 1. The van der Waals surface area contributed by atoms with Gasteiger partial charge in [0, 0.05) is 6.07 Å². The molecule has 6 nitrogen and oxygen atoms in total. The summed E-state index contributed by atoms with van der Waals surface area (Å²) in [4.78, 5) is 13.4. The predicted molar refractivity (Wildman–Crippen MR) is 45.0 cm³/mol. The Labute approximate surface area is 74.0 Å². The van der Waals surface area contributed by atoms with Gasteiger partial charge in [-0.2, -0.15) is 5.26 Å². The molecule has 13 heavy (non-hydrogen) atoms. The highest BCUT2D eigenvalue weighted by Crippen LogP contribution is 2.10. The van der Waals surface area contributed by atoms with Crippen LogP contribution in [0.2, 0.25) is 0 Å². The van der Waals surface area contributed by atoms with Crippen molar-refractivity contribution in [1.29, 1.82) is 5.26 Å². The van der Waals surface area contributed by atoms with Crippen molar-refractivity contribution in [2.45, 2.75) is 0 Å². The van der Waals surface area contributed by atoms with Crippen LogP contribution in [0.1, 0.15) is 0 Å². The van der Waals surface area contributed by atoms with Crippen LogP contribution in [0.15, 0.2) is 18.3 Å². The van der Waals surface area contributed by atoms with Gasteiger partial charge in [-0.25, -0.2) is 4.98 Å². The lowest BCUT2D eigenvalue weighted by Crippen LogP contribution is -2.00. The standard InChI is InChI=1S/C7H6N4O2/c8-3-4-9-7-2-1-6(5-10-7)11(12)13/h1-2,5H,4H2,(H,9,10). The lowest BCUT2D eigenvalue weighted by atomic mass is 10.4. The SMILES string of the molecule is N#CCNc1ccc([N+](=O)[O-])cn1. The van der Waals surface area contributed by atoms with E-state index >= 15 is 0 Å². The minimum Gasteiger partial charge on any atom is -0.357 e. The van der Waals surface area contributed by atoms with Gasteiger partial charge in [0.1, 0.15) is 18.6 Å². The molecule has 0 unspecified atom stereocenters. The first-order valence-electron chi connectivity index (χ1n) is 3.45. The quantitative estimate of drug-likeness (QED) is 0.422. The number of pyridine rings is 1. The molecule has 0 aliphatic heterocycles. The number of aromatic nitrogens is 1. The van der Waals surface area contributed by atoms with Gasteiger partial charge in [0.05, 0.1) is 11.0 Å². The minimum atomic E-state index is -0.527. The number of hydrogen-bond donors (Lipinski definition) is 1. The van der Waals surface area contributed by atoms with Crippen molar-refractivity contribution in [3.05, 3.63) is 28.4 Å². The topological polar surface area (TPSA) is 91.8 Å². The van der Waals surface area contributed by atoms with E-state index in [1.807, 2.05) is 6.07 Å². The monoisotopic (exact) mass is 178 g/mol. The van der Waals surface area contributed by atoms with Gasteiger partial charge in [-0.1, -0.05) is 0 Å². The molecule has 0 bridgehead atoms. The fourth-order valence-electron chi connectivity index (χ4n) is 0.729. The number of hydrogen-bond acceptors (Lipinski definition) is 5. The Balaban J connectivity index is 2.71. The molecule has 1 heterocycles. The lowest BCUT2D eigenvalue weighted by Gasteiger charge is -1.98. The smallest absolute Gasteiger partial charge is 0.287 e. The Hall–Kier alpha value is -2.16. The van der Waals surface area contributed by atoms with E-state index < -0.39 is 4.92 Å². The van der Waals surface area contributed by atoms with E-state index in [0.717, 1.165) is 6.20 Å². The van der Waals surface area contributed by atoms with Crippen molar-refractivity contribution in [3.8, 4) is 6.07 Å². The Kier molecular flexibility index (Phi) is 2.76. The van der Waals surface area contributed by atoms with E-state index in [1.54, 1.807) is 0 Å². The summed E-state index contributed by atoms with van der Waals surface area (Å²) in [5.41, 5.74) is -0.0671. The summed E-state index contributed by atoms with van der Waals surface area (Å²) in [6.07, 6.45) is 1.14. The van der Waals surface area contributed by atoms with E-state index in [4.69, 9.17) is 5.26 Å². The maximum Gasteiger partial charge on any atom is 0.287 e. The molecule has 1 rings (SSSR count). The molecule has 0 aliphatic rings. The summed E-state index contributed by atoms with van der Waals surface area (Å²) in [7, 11) is 0. The van der Waals surface area contributed by atoms with Gasteiger partial charge in [0.15, 0.2) is 0 Å². The first-order valence-corrected chi connectivity index (χ1v) is 3.45. The van der Waals surface area contributed by atoms with Gasteiger partial charge in [-0.15, -0.1) is 0 Å². The summed E-state index contributed by atoms with van der Waals surface area (Å²) in [5, 5.41) is 21.1. The molecule has 1 aromatic heterocycles. The molecule has 0 fully saturated rings. The van der Waals surface area contributed by atoms with Gasteiger partial charge in [-0.05, 0) is 6.07 Å². The van der Waals surface area contributed by atoms with Gasteiger partial charge < -0.3 is 5.32 Å². The van der Waals surface area contributed by atoms with E-state index in [2.05, 4.69) is 10.3 Å². The fourth-order valence-corrected chi connectivity index (χ4v) is 0.729. The molecule has 1 N–H and O–H groups in total. The highest BCUT2D eigenvalue weighted by molar-refractivity contribution is 5.40. The van der Waals surface area contributed by atoms with Crippen molar-refractivity contribution in [1.82, 2.24) is 4.98 Å². The Morgan fingerprint density at radius 2 is 2.46 bits per heavy atom. The second-order valence-corrected chi connectivity index (χ2v) is 2.17. The van der Waals surface area contributed by atoms with E-state index in [1.165, 1.54) is 12.1 Å². The van der Waals surface area contributed by atoms with E-state index in [9.17, 15) is 10.1 Å². The van der Waals surface area contributed by atoms with Crippen LogP contribution in [-0.2, 0) is 0 Å². The van der Waals surface area contributed by atoms with Crippen LogP contribution in [0.4, 0.5) is 11.5 Å². The summed E-state index contributed by atoms with van der Waals surface area (Å²) < 4.78 is 0. The predicted octanol–water partition coefficient (Wildman–Crippen LogP) is 0.925. The highest BCUT2D eigenvalue weighted by atomic mass is 16.6. The van der Waals surface area contributed by atoms with Crippen LogP contribution in [0.5, 0.6) is 0 Å². The van der Waals surface area contributed by atoms with Crippen LogP contribution in [-0.4, -0.2) is 16.5 Å². The molecule has 0 amide bonds. The molecular weight excluding hydrogens is 172 g/mol. The first-order chi connectivity index (χ1) is 6.24. The third-order valence-electron chi connectivity index (χ3n) is 1.31. The van der Waals surface area contributed by atoms with Crippen molar-refractivity contribution < 1.29 is 4.92 Å². The average Bonchev–Trinajstić information content (AvgIpc) is 2.15. The zero-order valence-corrected chi connectivity index (χ0v) is 6.60. The number of nitro groups is 1. The second kappa shape index (κ2) is 4.01. The third-order valence-corrected chi connectivity index (χ3v) is 1.31. The largest absolute Gasteiger partial charge is 0.357 e. The average molecular weight is 178 g/mol. The molecule has 0 radical (unpaired) electrons. The second-order valence-electron chi connectivity index (χ2n) is 2.17. The maximum absolute atomic E-state index is 10.2. The van der Waals surface area contributed by atoms with Gasteiger partial charge in [0.2, 0.25) is 0 Å². The Bertz CT molecular complexity index is 341. The van der Waals surface area contributed by atoms with Crippen molar-refractivity contribution in [2.24, 2.45) is 0 Å². The van der Waals surface area contributed by atoms with Crippen LogP contribution in [0, 0.1) is 21.4 Å². The number of nitrogens with zero attached hydrogens (tertiary/aromatic N) is 3. The molecule has 0 spiro atoms. The third kappa shape index (κ3) is 2.41. The molecular formula is C7H6N4O2. The van der Waals surface area contributed by atoms with E-state index in [-0.39, 0.29) is 12.2 Å². The summed E-state index contributed by atoms with van der Waals surface area (Å²) in [6, 6.07) is 4.65. The van der Waals surface area contributed by atoms with Crippen molar-refractivity contribution >= 4 is 11.5 Å². The zero-order valence-electron chi connectivity index (χ0n) is 6.60. The summed E-state index contributed by atoms with van der Waals surface area (Å²) >= 11 is 0. The number of anilines is 1. The van der Waals surface area contributed by atoms with Crippen LogP contribution < -0.4 is 5.32 Å². The number of rotatable bonds is 3. The molecule has 6 heteroatoms. The molecule has 0 atom stereocenters. The van der Waals surface area contributed by atoms with Crippen LogP contribution in [0.3, 0.4) is 0 Å². The van der Waals surface area contributed by atoms with Crippen LogP contribution in [0.25, 0.3) is 0 Å². The minimum absolute atomic E-state index is 0.0671. The summed E-state index contributed by atoms with van der Waals surface area (Å²) in [5.74, 6) is 0.451. The fraction of sp³-hybridized carbons (Fsp3) is 0.143. The lowest BCUT2D eigenvalue weighted by molar-refractivity contribution is -0.385. The Morgan fingerprint density at radius 3 is 2.92 bits per heavy atom. The van der Waals surface area contributed by atoms with Gasteiger partial charge >= 0.3 is 0 Å². The molecule has 0 saturated heterocycles.